The Morgan fingerprint density at radius 2 is 2.05 bits per heavy atom. The number of benzene rings is 1. The third kappa shape index (κ3) is 2.80. The van der Waals surface area contributed by atoms with E-state index in [2.05, 4.69) is 16.0 Å². The Bertz CT molecular complexity index is 472. The zero-order chi connectivity index (χ0) is 13.1. The van der Waals surface area contributed by atoms with Crippen LogP contribution in [0.4, 0.5) is 5.69 Å². The van der Waals surface area contributed by atoms with Crippen molar-refractivity contribution < 1.29 is 14.3 Å². The summed E-state index contributed by atoms with van der Waals surface area (Å²) in [5.74, 6) is 1.37. The zero-order valence-corrected chi connectivity index (χ0v) is 10.6. The summed E-state index contributed by atoms with van der Waals surface area (Å²) >= 11 is 0. The number of amides is 1. The van der Waals surface area contributed by atoms with Crippen LogP contribution in [0.3, 0.4) is 0 Å². The number of anilines is 1. The van der Waals surface area contributed by atoms with Gasteiger partial charge in [0.2, 0.25) is 5.91 Å². The van der Waals surface area contributed by atoms with E-state index in [1.54, 1.807) is 6.07 Å². The molecule has 0 spiro atoms. The fraction of sp³-hybridized carbons (Fsp3) is 0.462. The molecule has 0 aliphatic carbocycles. The number of carbonyl (C=O) groups is 1. The molecule has 2 aliphatic heterocycles. The summed E-state index contributed by atoms with van der Waals surface area (Å²) in [6.07, 6.45) is 0. The van der Waals surface area contributed by atoms with Gasteiger partial charge in [-0.2, -0.15) is 0 Å². The van der Waals surface area contributed by atoms with Gasteiger partial charge in [0.1, 0.15) is 13.2 Å². The fourth-order valence-electron chi connectivity index (χ4n) is 2.19. The van der Waals surface area contributed by atoms with Crippen molar-refractivity contribution in [2.24, 2.45) is 0 Å². The standard InChI is InChI=1S/C13H17N3O3/c17-13(10-8-14-3-4-15-10)16-9-1-2-11-12(7-9)19-6-5-18-11/h1-2,7,10,14-15H,3-6,8H2,(H,16,17). The number of carbonyl (C=O) groups excluding carboxylic acids is 1. The van der Waals surface area contributed by atoms with Gasteiger partial charge >= 0.3 is 0 Å². The molecule has 1 fully saturated rings. The zero-order valence-electron chi connectivity index (χ0n) is 10.6. The largest absolute Gasteiger partial charge is 0.486 e. The molecule has 1 amide bonds. The molecular formula is C13H17N3O3. The Labute approximate surface area is 111 Å². The van der Waals surface area contributed by atoms with Crippen LogP contribution in [0, 0.1) is 0 Å². The molecule has 2 heterocycles. The first-order valence-electron chi connectivity index (χ1n) is 6.47. The lowest BCUT2D eigenvalue weighted by Crippen LogP contribution is -2.54. The smallest absolute Gasteiger partial charge is 0.242 e. The molecule has 6 nitrogen and oxygen atoms in total. The topological polar surface area (TPSA) is 71.6 Å². The summed E-state index contributed by atoms with van der Waals surface area (Å²) in [5, 5.41) is 9.24. The number of nitrogens with one attached hydrogen (secondary N) is 3. The molecule has 3 N–H and O–H groups in total. The van der Waals surface area contributed by atoms with Gasteiger partial charge in [-0.1, -0.05) is 0 Å². The van der Waals surface area contributed by atoms with Crippen molar-refractivity contribution in [3.8, 4) is 11.5 Å². The van der Waals surface area contributed by atoms with E-state index in [4.69, 9.17) is 9.47 Å². The van der Waals surface area contributed by atoms with Crippen molar-refractivity contribution in [3.05, 3.63) is 18.2 Å². The predicted octanol–water partition coefficient (Wildman–Crippen LogP) is -0.0423. The Hall–Kier alpha value is -1.79. The monoisotopic (exact) mass is 263 g/mol. The van der Waals surface area contributed by atoms with Crippen LogP contribution in [0.15, 0.2) is 18.2 Å². The lowest BCUT2D eigenvalue weighted by molar-refractivity contribution is -0.118. The second kappa shape index (κ2) is 5.46. The highest BCUT2D eigenvalue weighted by atomic mass is 16.6. The SMILES string of the molecule is O=C(Nc1ccc2c(c1)OCCO2)C1CNCCN1. The Morgan fingerprint density at radius 3 is 2.84 bits per heavy atom. The molecule has 6 heteroatoms. The quantitative estimate of drug-likeness (QED) is 0.698. The van der Waals surface area contributed by atoms with Crippen molar-refractivity contribution in [2.45, 2.75) is 6.04 Å². The van der Waals surface area contributed by atoms with Gasteiger partial charge in [-0.25, -0.2) is 0 Å². The van der Waals surface area contributed by atoms with Gasteiger partial charge < -0.3 is 25.4 Å². The Kier molecular flexibility index (Phi) is 3.52. The number of ether oxygens (including phenoxy) is 2. The minimum atomic E-state index is -0.193. The molecule has 3 rings (SSSR count). The minimum absolute atomic E-state index is 0.0381. The first kappa shape index (κ1) is 12.3. The van der Waals surface area contributed by atoms with Crippen LogP contribution in [0.2, 0.25) is 0 Å². The molecule has 1 unspecified atom stereocenters. The number of rotatable bonds is 2. The first-order valence-corrected chi connectivity index (χ1v) is 6.47. The van der Waals surface area contributed by atoms with Crippen molar-refractivity contribution in [1.29, 1.82) is 0 Å². The van der Waals surface area contributed by atoms with E-state index < -0.39 is 0 Å². The molecular weight excluding hydrogens is 246 g/mol. The predicted molar refractivity (Wildman–Crippen MR) is 70.7 cm³/mol. The summed E-state index contributed by atoms with van der Waals surface area (Å²) in [5.41, 5.74) is 0.724. The van der Waals surface area contributed by atoms with Gasteiger partial charge in [-0.15, -0.1) is 0 Å². The molecule has 1 aromatic rings. The number of hydrogen-bond donors (Lipinski definition) is 3. The normalized spacial score (nSPS) is 21.8. The average molecular weight is 263 g/mol. The molecule has 1 saturated heterocycles. The van der Waals surface area contributed by atoms with E-state index in [1.165, 1.54) is 0 Å². The third-order valence-electron chi connectivity index (χ3n) is 3.17. The Balaban J connectivity index is 1.67. The summed E-state index contributed by atoms with van der Waals surface area (Å²) in [6.45, 7) is 3.46. The molecule has 19 heavy (non-hydrogen) atoms. The summed E-state index contributed by atoms with van der Waals surface area (Å²) in [7, 11) is 0. The molecule has 1 atom stereocenters. The molecule has 2 aliphatic rings. The van der Waals surface area contributed by atoms with E-state index >= 15 is 0 Å². The average Bonchev–Trinajstić information content (AvgIpc) is 2.48. The van der Waals surface area contributed by atoms with Crippen LogP contribution < -0.4 is 25.4 Å². The number of fused-ring (bicyclic) bond motifs is 1. The number of hydrogen-bond acceptors (Lipinski definition) is 5. The summed E-state index contributed by atoms with van der Waals surface area (Å²) in [6, 6.07) is 5.24. The highest BCUT2D eigenvalue weighted by molar-refractivity contribution is 5.95. The fourth-order valence-corrected chi connectivity index (χ4v) is 2.19. The van der Waals surface area contributed by atoms with E-state index in [9.17, 15) is 4.79 Å². The third-order valence-corrected chi connectivity index (χ3v) is 3.17. The summed E-state index contributed by atoms with van der Waals surface area (Å²) in [4.78, 5) is 12.0. The summed E-state index contributed by atoms with van der Waals surface area (Å²) < 4.78 is 10.9. The van der Waals surface area contributed by atoms with E-state index in [-0.39, 0.29) is 11.9 Å². The maximum atomic E-state index is 12.0. The number of piperazine rings is 1. The van der Waals surface area contributed by atoms with Gasteiger partial charge in [-0.05, 0) is 12.1 Å². The molecule has 0 saturated carbocycles. The van der Waals surface area contributed by atoms with E-state index in [1.807, 2.05) is 12.1 Å². The molecule has 1 aromatic carbocycles. The van der Waals surface area contributed by atoms with Gasteiger partial charge in [0.25, 0.3) is 0 Å². The van der Waals surface area contributed by atoms with Crippen LogP contribution in [-0.4, -0.2) is 44.8 Å². The van der Waals surface area contributed by atoms with Gasteiger partial charge in [0, 0.05) is 31.4 Å². The van der Waals surface area contributed by atoms with Crippen LogP contribution in [0.5, 0.6) is 11.5 Å². The van der Waals surface area contributed by atoms with Crippen LogP contribution in [0.25, 0.3) is 0 Å². The molecule has 102 valence electrons. The van der Waals surface area contributed by atoms with Crippen molar-refractivity contribution in [3.63, 3.8) is 0 Å². The maximum absolute atomic E-state index is 12.0. The Morgan fingerprint density at radius 1 is 1.21 bits per heavy atom. The van der Waals surface area contributed by atoms with Gasteiger partial charge in [-0.3, -0.25) is 4.79 Å². The lowest BCUT2D eigenvalue weighted by atomic mass is 10.2. The first-order chi connectivity index (χ1) is 9.33. The maximum Gasteiger partial charge on any atom is 0.242 e. The van der Waals surface area contributed by atoms with Crippen molar-refractivity contribution in [2.75, 3.05) is 38.2 Å². The molecule has 0 radical (unpaired) electrons. The van der Waals surface area contributed by atoms with Gasteiger partial charge in [0.05, 0.1) is 6.04 Å². The lowest BCUT2D eigenvalue weighted by Gasteiger charge is -2.24. The van der Waals surface area contributed by atoms with Gasteiger partial charge in [0.15, 0.2) is 11.5 Å². The van der Waals surface area contributed by atoms with Crippen molar-refractivity contribution in [1.82, 2.24) is 10.6 Å². The van der Waals surface area contributed by atoms with E-state index in [0.29, 0.717) is 25.5 Å². The van der Waals surface area contributed by atoms with Crippen molar-refractivity contribution >= 4 is 11.6 Å². The second-order valence-electron chi connectivity index (χ2n) is 4.56. The van der Waals surface area contributed by atoms with Crippen LogP contribution in [-0.2, 0) is 4.79 Å². The van der Waals surface area contributed by atoms with E-state index in [0.717, 1.165) is 24.5 Å². The van der Waals surface area contributed by atoms with Crippen LogP contribution >= 0.6 is 0 Å². The highest BCUT2D eigenvalue weighted by Crippen LogP contribution is 2.32. The van der Waals surface area contributed by atoms with Crippen LogP contribution in [0.1, 0.15) is 0 Å². The highest BCUT2D eigenvalue weighted by Gasteiger charge is 2.21. The molecule has 0 aromatic heterocycles. The minimum Gasteiger partial charge on any atom is -0.486 e. The molecule has 0 bridgehead atoms. The second-order valence-corrected chi connectivity index (χ2v) is 4.56.